The lowest BCUT2D eigenvalue weighted by atomic mass is 10.0. The molecule has 3 heterocycles. The molecule has 7 nitrogen and oxygen atoms in total. The fourth-order valence-corrected chi connectivity index (χ4v) is 3.44. The van der Waals surface area contributed by atoms with E-state index in [0.717, 1.165) is 30.8 Å². The number of oxazole rings is 1. The summed E-state index contributed by atoms with van der Waals surface area (Å²) in [5.41, 5.74) is 3.65. The molecule has 2 aromatic carbocycles. The molecule has 0 bridgehead atoms. The Kier molecular flexibility index (Phi) is 3.75. The average molecular weight is 365 g/mol. The van der Waals surface area contributed by atoms with Gasteiger partial charge in [0.2, 0.25) is 0 Å². The molecule has 138 valence electrons. The number of amides is 1. The summed E-state index contributed by atoms with van der Waals surface area (Å²) in [5, 5.41) is 12.3. The van der Waals surface area contributed by atoms with E-state index in [1.807, 2.05) is 17.0 Å². The van der Waals surface area contributed by atoms with E-state index >= 15 is 0 Å². The third kappa shape index (κ3) is 3.00. The van der Waals surface area contributed by atoms with Crippen LogP contribution >= 0.6 is 0 Å². The molecule has 1 amide bonds. The van der Waals surface area contributed by atoms with Gasteiger partial charge in [-0.1, -0.05) is 0 Å². The van der Waals surface area contributed by atoms with Gasteiger partial charge in [-0.3, -0.25) is 4.79 Å². The number of carbonyl (C=O) groups excluding carboxylic acids is 1. The number of hydrogen-bond acceptors (Lipinski definition) is 6. The topological polar surface area (TPSA) is 87.8 Å². The van der Waals surface area contributed by atoms with Crippen molar-refractivity contribution in [2.24, 2.45) is 0 Å². The number of anilines is 2. The van der Waals surface area contributed by atoms with Crippen LogP contribution in [0.5, 0.6) is 5.75 Å². The zero-order valence-corrected chi connectivity index (χ0v) is 14.6. The highest BCUT2D eigenvalue weighted by Gasteiger charge is 2.28. The molecule has 0 aliphatic carbocycles. The fourth-order valence-electron chi connectivity index (χ4n) is 3.44. The minimum atomic E-state index is -0.322. The van der Waals surface area contributed by atoms with Crippen LogP contribution in [0.25, 0.3) is 11.1 Å². The normalized spacial score (nSPS) is 16.6. The van der Waals surface area contributed by atoms with Crippen LogP contribution in [-0.4, -0.2) is 41.8 Å². The van der Waals surface area contributed by atoms with E-state index in [1.165, 1.54) is 0 Å². The molecular formula is C20H19N3O4. The minimum Gasteiger partial charge on any atom is -0.493 e. The Bertz CT molecular complexity index is 1020. The molecular weight excluding hydrogens is 346 g/mol. The molecule has 1 aromatic heterocycles. The number of ether oxygens (including phenoxy) is 1. The van der Waals surface area contributed by atoms with Crippen LogP contribution in [0, 0.1) is 0 Å². The Labute approximate surface area is 155 Å². The first kappa shape index (κ1) is 16.1. The standard InChI is InChI=1S/C20H19N3O4/c24-15-10-23(11-15)20-22-16-9-14(4-6-18(16)27-20)21-19(25)13-3-5-17-12(8-13)2-1-7-26-17/h3-6,8-9,15,24H,1-2,7,10-11H2,(H,21,25). The molecule has 2 N–H and O–H groups in total. The number of aromatic nitrogens is 1. The molecule has 0 spiro atoms. The number of hydrogen-bond donors (Lipinski definition) is 2. The van der Waals surface area contributed by atoms with Crippen molar-refractivity contribution in [2.45, 2.75) is 18.9 Å². The lowest BCUT2D eigenvalue weighted by molar-refractivity contribution is 0.102. The van der Waals surface area contributed by atoms with Gasteiger partial charge in [-0.2, -0.15) is 4.98 Å². The van der Waals surface area contributed by atoms with Crippen molar-refractivity contribution in [1.29, 1.82) is 0 Å². The second-order valence-corrected chi connectivity index (χ2v) is 6.97. The van der Waals surface area contributed by atoms with Gasteiger partial charge in [0, 0.05) is 11.3 Å². The summed E-state index contributed by atoms with van der Waals surface area (Å²) in [7, 11) is 0. The van der Waals surface area contributed by atoms with Crippen LogP contribution in [0.4, 0.5) is 11.7 Å². The summed E-state index contributed by atoms with van der Waals surface area (Å²) in [6.07, 6.45) is 1.57. The van der Waals surface area contributed by atoms with Crippen LogP contribution in [0.2, 0.25) is 0 Å². The molecule has 0 atom stereocenters. The number of fused-ring (bicyclic) bond motifs is 2. The molecule has 3 aromatic rings. The van der Waals surface area contributed by atoms with Crippen molar-refractivity contribution in [3.63, 3.8) is 0 Å². The van der Waals surface area contributed by atoms with E-state index < -0.39 is 0 Å². The van der Waals surface area contributed by atoms with Crippen molar-refractivity contribution in [3.8, 4) is 5.75 Å². The average Bonchev–Trinajstić information content (AvgIpc) is 3.07. The van der Waals surface area contributed by atoms with Gasteiger partial charge in [-0.15, -0.1) is 0 Å². The zero-order chi connectivity index (χ0) is 18.4. The van der Waals surface area contributed by atoms with Crippen molar-refractivity contribution in [1.82, 2.24) is 4.98 Å². The van der Waals surface area contributed by atoms with Gasteiger partial charge in [0.05, 0.1) is 25.8 Å². The smallest absolute Gasteiger partial charge is 0.298 e. The molecule has 7 heteroatoms. The lowest BCUT2D eigenvalue weighted by Gasteiger charge is -2.34. The predicted molar refractivity (Wildman–Crippen MR) is 100 cm³/mol. The lowest BCUT2D eigenvalue weighted by Crippen LogP contribution is -2.51. The van der Waals surface area contributed by atoms with Gasteiger partial charge < -0.3 is 24.5 Å². The first-order valence-corrected chi connectivity index (χ1v) is 9.06. The zero-order valence-electron chi connectivity index (χ0n) is 14.6. The molecule has 2 aliphatic rings. The SMILES string of the molecule is O=C(Nc1ccc2oc(N3CC(O)C3)nc2c1)c1ccc2c(c1)CCCO2. The molecule has 0 unspecified atom stereocenters. The fraction of sp³-hybridized carbons (Fsp3) is 0.300. The van der Waals surface area contributed by atoms with E-state index in [2.05, 4.69) is 10.3 Å². The van der Waals surface area contributed by atoms with Gasteiger partial charge >= 0.3 is 0 Å². The van der Waals surface area contributed by atoms with Crippen LogP contribution in [-0.2, 0) is 6.42 Å². The molecule has 2 aliphatic heterocycles. The summed E-state index contributed by atoms with van der Waals surface area (Å²) < 4.78 is 11.3. The number of benzene rings is 2. The van der Waals surface area contributed by atoms with Gasteiger partial charge in [0.15, 0.2) is 5.58 Å². The maximum absolute atomic E-state index is 12.6. The van der Waals surface area contributed by atoms with E-state index in [-0.39, 0.29) is 12.0 Å². The number of β-amino-alcohol motifs (C(OH)–C–C–N with tert-alkyl or cyclic N) is 1. The molecule has 1 saturated heterocycles. The molecule has 27 heavy (non-hydrogen) atoms. The summed E-state index contributed by atoms with van der Waals surface area (Å²) in [5.74, 6) is 0.697. The number of aliphatic hydroxyl groups is 1. The van der Waals surface area contributed by atoms with Crippen molar-refractivity contribution < 1.29 is 19.1 Å². The summed E-state index contributed by atoms with van der Waals surface area (Å²) >= 11 is 0. The van der Waals surface area contributed by atoms with Crippen LogP contribution in [0.15, 0.2) is 40.8 Å². The van der Waals surface area contributed by atoms with Crippen LogP contribution < -0.4 is 15.0 Å². The first-order valence-electron chi connectivity index (χ1n) is 9.06. The van der Waals surface area contributed by atoms with Crippen LogP contribution in [0.1, 0.15) is 22.3 Å². The summed E-state index contributed by atoms with van der Waals surface area (Å²) in [4.78, 5) is 18.9. The quantitative estimate of drug-likeness (QED) is 0.742. The predicted octanol–water partition coefficient (Wildman–Crippen LogP) is 2.59. The minimum absolute atomic E-state index is 0.169. The Morgan fingerprint density at radius 3 is 2.96 bits per heavy atom. The highest BCUT2D eigenvalue weighted by atomic mass is 16.5. The van der Waals surface area contributed by atoms with Gasteiger partial charge in [0.1, 0.15) is 11.3 Å². The van der Waals surface area contributed by atoms with E-state index in [1.54, 1.807) is 24.3 Å². The largest absolute Gasteiger partial charge is 0.493 e. The van der Waals surface area contributed by atoms with E-state index in [4.69, 9.17) is 9.15 Å². The highest BCUT2D eigenvalue weighted by Crippen LogP contribution is 2.28. The van der Waals surface area contributed by atoms with Crippen LogP contribution in [0.3, 0.4) is 0 Å². The number of aryl methyl sites for hydroxylation is 1. The Hall–Kier alpha value is -3.06. The monoisotopic (exact) mass is 365 g/mol. The maximum Gasteiger partial charge on any atom is 0.298 e. The molecule has 0 radical (unpaired) electrons. The summed E-state index contributed by atoms with van der Waals surface area (Å²) in [6.45, 7) is 1.78. The maximum atomic E-state index is 12.6. The first-order chi connectivity index (χ1) is 13.2. The van der Waals surface area contributed by atoms with Gasteiger partial charge in [-0.25, -0.2) is 0 Å². The molecule has 1 fully saturated rings. The van der Waals surface area contributed by atoms with Gasteiger partial charge in [-0.05, 0) is 54.8 Å². The Morgan fingerprint density at radius 1 is 1.22 bits per heavy atom. The van der Waals surface area contributed by atoms with Gasteiger partial charge in [0.25, 0.3) is 11.9 Å². The number of rotatable bonds is 3. The number of nitrogens with one attached hydrogen (secondary N) is 1. The highest BCUT2D eigenvalue weighted by molar-refractivity contribution is 6.05. The summed E-state index contributed by atoms with van der Waals surface area (Å²) in [6, 6.07) is 11.4. The Morgan fingerprint density at radius 2 is 2.11 bits per heavy atom. The third-order valence-corrected chi connectivity index (χ3v) is 4.94. The second kappa shape index (κ2) is 6.28. The van der Waals surface area contributed by atoms with E-state index in [9.17, 15) is 9.90 Å². The number of carbonyl (C=O) groups is 1. The third-order valence-electron chi connectivity index (χ3n) is 4.94. The molecule has 0 saturated carbocycles. The second-order valence-electron chi connectivity index (χ2n) is 6.97. The van der Waals surface area contributed by atoms with Crippen molar-refractivity contribution >= 4 is 28.7 Å². The van der Waals surface area contributed by atoms with Crippen molar-refractivity contribution in [2.75, 3.05) is 29.9 Å². The number of nitrogens with zero attached hydrogens (tertiary/aromatic N) is 2. The number of aliphatic hydroxyl groups excluding tert-OH is 1. The van der Waals surface area contributed by atoms with E-state index in [0.29, 0.717) is 41.5 Å². The molecule has 5 rings (SSSR count). The van der Waals surface area contributed by atoms with Crippen molar-refractivity contribution in [3.05, 3.63) is 47.5 Å². The Balaban J connectivity index is 1.35.